The largest absolute Gasteiger partial charge is 0.395 e. The van der Waals surface area contributed by atoms with Crippen LogP contribution < -0.4 is 5.32 Å². The third-order valence-corrected chi connectivity index (χ3v) is 10.4. The summed E-state index contributed by atoms with van der Waals surface area (Å²) < 4.78 is 32.1. The van der Waals surface area contributed by atoms with Crippen molar-refractivity contribution in [2.45, 2.75) is 76.3 Å². The number of nitrogens with zero attached hydrogens (tertiary/aromatic N) is 3. The van der Waals surface area contributed by atoms with Gasteiger partial charge < -0.3 is 20.2 Å². The lowest BCUT2D eigenvalue weighted by Crippen LogP contribution is -2.51. The van der Waals surface area contributed by atoms with Crippen molar-refractivity contribution in [1.29, 1.82) is 5.26 Å². The fourth-order valence-corrected chi connectivity index (χ4v) is 7.46. The molecule has 0 saturated carbocycles. The molecule has 1 aromatic rings. The summed E-state index contributed by atoms with van der Waals surface area (Å²) in [4.78, 5) is 30.2. The Morgan fingerprint density at radius 2 is 1.91 bits per heavy atom. The number of likely N-dealkylation sites (N-methyl/N-ethyl adjacent to an activating group) is 1. The van der Waals surface area contributed by atoms with E-state index < -0.39 is 40.4 Å². The van der Waals surface area contributed by atoms with Crippen molar-refractivity contribution in [3.8, 4) is 6.07 Å². The van der Waals surface area contributed by atoms with Gasteiger partial charge in [-0.25, -0.2) is 8.78 Å². The predicted octanol–water partition coefficient (Wildman–Crippen LogP) is 5.75. The van der Waals surface area contributed by atoms with E-state index in [4.69, 9.17) is 28.3 Å². The molecule has 246 valence electrons. The van der Waals surface area contributed by atoms with Crippen LogP contribution in [0.4, 0.5) is 8.78 Å². The summed E-state index contributed by atoms with van der Waals surface area (Å²) in [7, 11) is 1.65. The number of amides is 2. The molecular weight excluding hydrogens is 621 g/mol. The third-order valence-electron chi connectivity index (χ3n) is 9.54. The molecule has 2 aliphatic heterocycles. The molecule has 3 aliphatic rings. The minimum absolute atomic E-state index is 0.0547. The monoisotopic (exact) mass is 664 g/mol. The summed E-state index contributed by atoms with van der Waals surface area (Å²) in [5.74, 6) is -3.00. The van der Waals surface area contributed by atoms with Crippen molar-refractivity contribution in [2.75, 3.05) is 33.3 Å². The molecule has 4 rings (SSSR count). The van der Waals surface area contributed by atoms with Crippen LogP contribution in [0.15, 0.2) is 41.8 Å². The van der Waals surface area contributed by atoms with Gasteiger partial charge in [-0.1, -0.05) is 57.5 Å². The Bertz CT molecular complexity index is 1380. The van der Waals surface area contributed by atoms with Gasteiger partial charge in [0, 0.05) is 55.6 Å². The SMILES string of the molecule is CC1C=CC(C2C(C(=O)N3CCC(CC(=O)N(C)CCO)CC3)NC(CC(C)(C)C)C2(C#N)c2ccc(Cl)cc2F)=C(F)C1Cl. The predicted molar refractivity (Wildman–Crippen MR) is 172 cm³/mol. The van der Waals surface area contributed by atoms with Crippen LogP contribution >= 0.6 is 23.2 Å². The standard InChI is InChI=1S/C34H44Cl2F2N4O3/c1-20-6-8-23(30(38)29(20)36)28-31(32(45)42-12-10-21(11-13-42)16-27(44)41(5)14-15-43)40-26(18-33(2,3)4)34(28,19-39)24-9-7-22(35)17-25(24)37/h6-9,17,20-21,26,28-29,31,40,43H,10-16,18H2,1-5H3. The Kier molecular flexibility index (Phi) is 11.1. The first-order valence-corrected chi connectivity index (χ1v) is 16.4. The minimum atomic E-state index is -1.67. The van der Waals surface area contributed by atoms with E-state index in [-0.39, 0.29) is 58.4 Å². The van der Waals surface area contributed by atoms with E-state index in [0.29, 0.717) is 38.8 Å². The number of nitriles is 1. The Morgan fingerprint density at radius 1 is 1.24 bits per heavy atom. The number of carbonyl (C=O) groups is 2. The quantitative estimate of drug-likeness (QED) is 0.345. The molecule has 2 heterocycles. The van der Waals surface area contributed by atoms with Crippen LogP contribution in [0.25, 0.3) is 0 Å². The summed E-state index contributed by atoms with van der Waals surface area (Å²) >= 11 is 12.6. The maximum absolute atomic E-state index is 16.2. The second kappa shape index (κ2) is 14.1. The van der Waals surface area contributed by atoms with Gasteiger partial charge in [-0.05, 0) is 54.2 Å². The van der Waals surface area contributed by atoms with Gasteiger partial charge in [0.2, 0.25) is 11.8 Å². The average Bonchev–Trinajstić information content (AvgIpc) is 3.28. The lowest BCUT2D eigenvalue weighted by molar-refractivity contribution is -0.136. The summed E-state index contributed by atoms with van der Waals surface area (Å²) in [5.41, 5.74) is -1.82. The number of rotatable bonds is 8. The molecule has 1 aromatic carbocycles. The van der Waals surface area contributed by atoms with Crippen LogP contribution in [0.3, 0.4) is 0 Å². The molecule has 0 spiro atoms. The Labute approximate surface area is 275 Å². The molecule has 0 radical (unpaired) electrons. The number of likely N-dealkylation sites (tertiary alicyclic amines) is 1. The summed E-state index contributed by atoms with van der Waals surface area (Å²) in [6, 6.07) is 4.78. The molecular formula is C34H44Cl2F2N4O3. The Morgan fingerprint density at radius 3 is 2.49 bits per heavy atom. The van der Waals surface area contributed by atoms with Crippen LogP contribution in [-0.2, 0) is 15.0 Å². The maximum Gasteiger partial charge on any atom is 0.240 e. The fourth-order valence-electron chi connectivity index (χ4n) is 7.09. The average molecular weight is 666 g/mol. The molecule has 11 heteroatoms. The molecule has 0 aromatic heterocycles. The fraction of sp³-hybridized carbons (Fsp3) is 0.618. The van der Waals surface area contributed by atoms with E-state index in [1.54, 1.807) is 31.0 Å². The van der Waals surface area contributed by atoms with Gasteiger partial charge in [0.25, 0.3) is 0 Å². The molecule has 2 amide bonds. The van der Waals surface area contributed by atoms with Crippen LogP contribution in [0, 0.1) is 40.3 Å². The van der Waals surface area contributed by atoms with Crippen LogP contribution in [0.5, 0.6) is 0 Å². The Hall–Kier alpha value is -2.51. The lowest BCUT2D eigenvalue weighted by atomic mass is 9.61. The topological polar surface area (TPSA) is 96.7 Å². The van der Waals surface area contributed by atoms with Gasteiger partial charge >= 0.3 is 0 Å². The van der Waals surface area contributed by atoms with Gasteiger partial charge in [0.1, 0.15) is 17.1 Å². The highest BCUT2D eigenvalue weighted by atomic mass is 35.5. The Balaban J connectivity index is 1.76. The number of nitrogens with one attached hydrogen (secondary N) is 1. The maximum atomic E-state index is 16.2. The molecule has 1 aliphatic carbocycles. The van der Waals surface area contributed by atoms with Crippen LogP contribution in [0.2, 0.25) is 5.02 Å². The van der Waals surface area contributed by atoms with E-state index in [0.717, 1.165) is 6.07 Å². The number of halogens is 4. The number of benzene rings is 1. The molecule has 6 unspecified atom stereocenters. The molecule has 2 saturated heterocycles. The first-order valence-electron chi connectivity index (χ1n) is 15.6. The van der Waals surface area contributed by atoms with E-state index in [9.17, 15) is 14.9 Å². The van der Waals surface area contributed by atoms with Gasteiger partial charge in [0.15, 0.2) is 0 Å². The molecule has 0 bridgehead atoms. The van der Waals surface area contributed by atoms with Crippen molar-refractivity contribution in [2.24, 2.45) is 23.2 Å². The van der Waals surface area contributed by atoms with Crippen molar-refractivity contribution in [3.63, 3.8) is 0 Å². The molecule has 2 N–H and O–H groups in total. The minimum Gasteiger partial charge on any atom is -0.395 e. The molecule has 45 heavy (non-hydrogen) atoms. The van der Waals surface area contributed by atoms with Crippen molar-refractivity contribution in [3.05, 3.63) is 58.2 Å². The smallest absolute Gasteiger partial charge is 0.240 e. The molecule has 7 nitrogen and oxygen atoms in total. The third kappa shape index (κ3) is 7.25. The highest BCUT2D eigenvalue weighted by molar-refractivity contribution is 6.30. The molecule has 6 atom stereocenters. The number of allylic oxidation sites excluding steroid dienone is 3. The van der Waals surface area contributed by atoms with E-state index >= 15 is 8.78 Å². The normalized spacial score (nSPS) is 29.2. The number of carbonyl (C=O) groups excluding carboxylic acids is 2. The first kappa shape index (κ1) is 35.3. The van der Waals surface area contributed by atoms with E-state index in [1.807, 2.05) is 20.8 Å². The highest BCUT2D eigenvalue weighted by Gasteiger charge is 2.62. The summed E-state index contributed by atoms with van der Waals surface area (Å²) in [5, 5.41) is 22.8. The van der Waals surface area contributed by atoms with E-state index in [2.05, 4.69) is 11.4 Å². The zero-order chi connectivity index (χ0) is 33.3. The highest BCUT2D eigenvalue weighted by Crippen LogP contribution is 2.52. The summed E-state index contributed by atoms with van der Waals surface area (Å²) in [6.07, 6.45) is 5.29. The van der Waals surface area contributed by atoms with Gasteiger partial charge in [-0.3, -0.25) is 9.59 Å². The lowest BCUT2D eigenvalue weighted by Gasteiger charge is -2.39. The van der Waals surface area contributed by atoms with E-state index in [1.165, 1.54) is 17.0 Å². The van der Waals surface area contributed by atoms with Crippen LogP contribution in [-0.4, -0.2) is 77.5 Å². The van der Waals surface area contributed by atoms with Crippen molar-refractivity contribution >= 4 is 35.0 Å². The molecule has 2 fully saturated rings. The number of piperidine rings is 1. The number of aliphatic hydroxyl groups is 1. The second-order valence-corrected chi connectivity index (χ2v) is 14.9. The zero-order valence-electron chi connectivity index (χ0n) is 26.6. The van der Waals surface area contributed by atoms with Crippen LogP contribution in [0.1, 0.15) is 58.9 Å². The van der Waals surface area contributed by atoms with Crippen molar-refractivity contribution in [1.82, 2.24) is 15.1 Å². The second-order valence-electron chi connectivity index (χ2n) is 14.0. The summed E-state index contributed by atoms with van der Waals surface area (Å²) in [6.45, 7) is 8.71. The number of alkyl halides is 1. The van der Waals surface area contributed by atoms with Gasteiger partial charge in [0.05, 0.1) is 24.1 Å². The number of aliphatic hydroxyl groups excluding tert-OH is 1. The zero-order valence-corrected chi connectivity index (χ0v) is 28.1. The van der Waals surface area contributed by atoms with Gasteiger partial charge in [-0.15, -0.1) is 11.6 Å². The van der Waals surface area contributed by atoms with Gasteiger partial charge in [-0.2, -0.15) is 5.26 Å². The first-order chi connectivity index (χ1) is 21.1. The number of hydrogen-bond acceptors (Lipinski definition) is 5. The van der Waals surface area contributed by atoms with Crippen molar-refractivity contribution < 1.29 is 23.5 Å². The number of hydrogen-bond donors (Lipinski definition) is 2.